The molecule has 1 aromatic heterocycles. The van der Waals surface area contributed by atoms with Crippen molar-refractivity contribution in [1.29, 1.82) is 0 Å². The van der Waals surface area contributed by atoms with Crippen LogP contribution < -0.4 is 0 Å². The fourth-order valence-corrected chi connectivity index (χ4v) is 2.16. The van der Waals surface area contributed by atoms with E-state index >= 15 is 0 Å². The van der Waals surface area contributed by atoms with E-state index in [1.54, 1.807) is 34.9 Å². The highest BCUT2D eigenvalue weighted by atomic mass is 19.1. The highest BCUT2D eigenvalue weighted by Crippen LogP contribution is 2.28. The van der Waals surface area contributed by atoms with E-state index in [0.717, 1.165) is 0 Å². The predicted molar refractivity (Wildman–Crippen MR) is 71.6 cm³/mol. The normalized spacial score (nSPS) is 10.8. The van der Waals surface area contributed by atoms with E-state index in [1.807, 2.05) is 13.8 Å². The van der Waals surface area contributed by atoms with E-state index in [9.17, 15) is 9.18 Å². The lowest BCUT2D eigenvalue weighted by Crippen LogP contribution is -2.13. The molecule has 0 aliphatic rings. The van der Waals surface area contributed by atoms with Gasteiger partial charge in [-0.2, -0.15) is 0 Å². The zero-order valence-electron chi connectivity index (χ0n) is 11.2. The maximum Gasteiger partial charge on any atom is 0.354 e. The monoisotopic (exact) mass is 261 g/mol. The Morgan fingerprint density at radius 1 is 1.21 bits per heavy atom. The van der Waals surface area contributed by atoms with Crippen molar-refractivity contribution in [1.82, 2.24) is 4.57 Å². The van der Waals surface area contributed by atoms with Gasteiger partial charge in [-0.25, -0.2) is 9.18 Å². The van der Waals surface area contributed by atoms with Gasteiger partial charge in [0.25, 0.3) is 0 Å². The molecule has 0 amide bonds. The molecule has 2 rings (SSSR count). The Morgan fingerprint density at radius 2 is 1.89 bits per heavy atom. The molecule has 0 saturated carbocycles. The Bertz CT molecular complexity index is 602. The van der Waals surface area contributed by atoms with Crippen LogP contribution in [-0.2, 0) is 4.74 Å². The third-order valence-corrected chi connectivity index (χ3v) is 2.98. The van der Waals surface area contributed by atoms with Gasteiger partial charge in [-0.3, -0.25) is 0 Å². The highest BCUT2D eigenvalue weighted by Gasteiger charge is 2.19. The molecule has 0 atom stereocenters. The first-order valence-corrected chi connectivity index (χ1v) is 6.10. The van der Waals surface area contributed by atoms with Crippen LogP contribution in [0.25, 0.3) is 11.3 Å². The molecule has 3 nitrogen and oxygen atoms in total. The lowest BCUT2D eigenvalue weighted by atomic mass is 10.1. The third kappa shape index (κ3) is 2.38. The van der Waals surface area contributed by atoms with Gasteiger partial charge >= 0.3 is 5.97 Å². The number of ether oxygens (including phenoxy) is 1. The molecule has 0 fully saturated rings. The van der Waals surface area contributed by atoms with Gasteiger partial charge in [0.1, 0.15) is 11.5 Å². The number of rotatable bonds is 3. The van der Waals surface area contributed by atoms with E-state index < -0.39 is 5.97 Å². The van der Waals surface area contributed by atoms with Crippen molar-refractivity contribution >= 4 is 5.97 Å². The van der Waals surface area contributed by atoms with Crippen LogP contribution in [0.15, 0.2) is 36.4 Å². The van der Waals surface area contributed by atoms with Crippen molar-refractivity contribution in [3.8, 4) is 11.3 Å². The van der Waals surface area contributed by atoms with Crippen molar-refractivity contribution in [2.45, 2.75) is 19.9 Å². The molecule has 4 heteroatoms. The summed E-state index contributed by atoms with van der Waals surface area (Å²) in [6.45, 7) is 3.88. The van der Waals surface area contributed by atoms with Gasteiger partial charge in [-0.15, -0.1) is 0 Å². The average molecular weight is 261 g/mol. The third-order valence-electron chi connectivity index (χ3n) is 2.98. The molecule has 19 heavy (non-hydrogen) atoms. The van der Waals surface area contributed by atoms with Gasteiger partial charge in [-0.05, 0) is 38.1 Å². The topological polar surface area (TPSA) is 31.2 Å². The van der Waals surface area contributed by atoms with Crippen LogP contribution in [0.4, 0.5) is 4.39 Å². The zero-order valence-corrected chi connectivity index (χ0v) is 11.2. The van der Waals surface area contributed by atoms with Crippen LogP contribution in [0.3, 0.4) is 0 Å². The standard InChI is InChI=1S/C15H16FNO2/c1-10(2)17-13(8-9-14(17)15(18)19-3)11-6-4-5-7-12(11)16/h4-10H,1-3H3. The smallest absolute Gasteiger partial charge is 0.354 e. The van der Waals surface area contributed by atoms with Crippen LogP contribution in [-0.4, -0.2) is 17.6 Å². The van der Waals surface area contributed by atoms with Gasteiger partial charge in [0.15, 0.2) is 0 Å². The maximum absolute atomic E-state index is 13.9. The molecule has 100 valence electrons. The first-order chi connectivity index (χ1) is 9.06. The average Bonchev–Trinajstić information content (AvgIpc) is 2.83. The van der Waals surface area contributed by atoms with Crippen molar-refractivity contribution in [2.75, 3.05) is 7.11 Å². The SMILES string of the molecule is COC(=O)c1ccc(-c2ccccc2F)n1C(C)C. The van der Waals surface area contributed by atoms with Crippen LogP contribution in [0.2, 0.25) is 0 Å². The molecule has 0 aliphatic heterocycles. The summed E-state index contributed by atoms with van der Waals surface area (Å²) >= 11 is 0. The van der Waals surface area contributed by atoms with Crippen molar-refractivity contribution in [2.24, 2.45) is 0 Å². The second-order valence-electron chi connectivity index (χ2n) is 4.54. The van der Waals surface area contributed by atoms with E-state index in [2.05, 4.69) is 0 Å². The number of methoxy groups -OCH3 is 1. The fourth-order valence-electron chi connectivity index (χ4n) is 2.16. The largest absolute Gasteiger partial charge is 0.464 e. The number of benzene rings is 1. The Kier molecular flexibility index (Phi) is 3.69. The summed E-state index contributed by atoms with van der Waals surface area (Å²) in [5.41, 5.74) is 1.58. The Labute approximate surface area is 111 Å². The summed E-state index contributed by atoms with van der Waals surface area (Å²) in [5, 5.41) is 0. The van der Waals surface area contributed by atoms with E-state index in [1.165, 1.54) is 13.2 Å². The summed E-state index contributed by atoms with van der Waals surface area (Å²) in [5.74, 6) is -0.727. The molecular weight excluding hydrogens is 245 g/mol. The summed E-state index contributed by atoms with van der Waals surface area (Å²) in [4.78, 5) is 11.7. The van der Waals surface area contributed by atoms with Gasteiger partial charge in [0.05, 0.1) is 12.8 Å². The molecule has 0 bridgehead atoms. The molecule has 0 radical (unpaired) electrons. The number of carbonyl (C=O) groups is 1. The van der Waals surface area contributed by atoms with Crippen LogP contribution >= 0.6 is 0 Å². The summed E-state index contributed by atoms with van der Waals surface area (Å²) in [7, 11) is 1.34. The number of halogens is 1. The summed E-state index contributed by atoms with van der Waals surface area (Å²) in [6.07, 6.45) is 0. The molecule has 1 heterocycles. The lowest BCUT2D eigenvalue weighted by Gasteiger charge is -2.16. The minimum Gasteiger partial charge on any atom is -0.464 e. The van der Waals surface area contributed by atoms with Gasteiger partial charge < -0.3 is 9.30 Å². The maximum atomic E-state index is 13.9. The zero-order chi connectivity index (χ0) is 14.0. The molecule has 2 aromatic rings. The van der Waals surface area contributed by atoms with Crippen LogP contribution in [0.5, 0.6) is 0 Å². The number of carbonyl (C=O) groups excluding carboxylic acids is 1. The van der Waals surface area contributed by atoms with Crippen LogP contribution in [0, 0.1) is 5.82 Å². The Balaban J connectivity index is 2.62. The molecule has 0 N–H and O–H groups in total. The van der Waals surface area contributed by atoms with Crippen molar-refractivity contribution < 1.29 is 13.9 Å². The first-order valence-electron chi connectivity index (χ1n) is 6.10. The number of nitrogens with zero attached hydrogens (tertiary/aromatic N) is 1. The van der Waals surface area contributed by atoms with E-state index in [0.29, 0.717) is 17.0 Å². The molecule has 0 aliphatic carbocycles. The fraction of sp³-hybridized carbons (Fsp3) is 0.267. The Hall–Kier alpha value is -2.10. The number of hydrogen-bond donors (Lipinski definition) is 0. The highest BCUT2D eigenvalue weighted by molar-refractivity contribution is 5.89. The summed E-state index contributed by atoms with van der Waals surface area (Å²) < 4.78 is 20.4. The number of aromatic nitrogens is 1. The number of esters is 1. The second-order valence-corrected chi connectivity index (χ2v) is 4.54. The second kappa shape index (κ2) is 5.26. The van der Waals surface area contributed by atoms with E-state index in [-0.39, 0.29) is 11.9 Å². The predicted octanol–water partition coefficient (Wildman–Crippen LogP) is 3.66. The minimum absolute atomic E-state index is 0.0266. The molecule has 0 saturated heterocycles. The number of hydrogen-bond acceptors (Lipinski definition) is 2. The summed E-state index contributed by atoms with van der Waals surface area (Å²) in [6, 6.07) is 9.95. The van der Waals surface area contributed by atoms with Gasteiger partial charge in [0, 0.05) is 11.6 Å². The van der Waals surface area contributed by atoms with Crippen molar-refractivity contribution in [3.63, 3.8) is 0 Å². The minimum atomic E-state index is -0.420. The van der Waals surface area contributed by atoms with Gasteiger partial charge in [0.2, 0.25) is 0 Å². The molecule has 0 unspecified atom stereocenters. The molecule has 1 aromatic carbocycles. The quantitative estimate of drug-likeness (QED) is 0.789. The Morgan fingerprint density at radius 3 is 2.47 bits per heavy atom. The van der Waals surface area contributed by atoms with Gasteiger partial charge in [-0.1, -0.05) is 12.1 Å². The van der Waals surface area contributed by atoms with E-state index in [4.69, 9.17) is 4.74 Å². The molecular formula is C15H16FNO2. The lowest BCUT2D eigenvalue weighted by molar-refractivity contribution is 0.0587. The van der Waals surface area contributed by atoms with Crippen molar-refractivity contribution in [3.05, 3.63) is 47.9 Å². The molecule has 0 spiro atoms. The van der Waals surface area contributed by atoms with Crippen LogP contribution in [0.1, 0.15) is 30.4 Å². The first kappa shape index (κ1) is 13.3.